The Bertz CT molecular complexity index is 558. The zero-order chi connectivity index (χ0) is 16.6. The van der Waals surface area contributed by atoms with Crippen molar-refractivity contribution < 1.29 is 4.74 Å². The van der Waals surface area contributed by atoms with Crippen molar-refractivity contribution in [3.8, 4) is 5.75 Å². The number of fused-ring (bicyclic) bond motifs is 1. The molecule has 1 aromatic carbocycles. The molecule has 0 N–H and O–H groups in total. The fourth-order valence-electron chi connectivity index (χ4n) is 6.04. The summed E-state index contributed by atoms with van der Waals surface area (Å²) in [6, 6.07) is 4.65. The van der Waals surface area contributed by atoms with E-state index in [4.69, 9.17) is 4.74 Å². The summed E-state index contributed by atoms with van der Waals surface area (Å²) in [6.45, 7) is 4.48. The first-order chi connectivity index (χ1) is 11.7. The van der Waals surface area contributed by atoms with Crippen LogP contribution in [0.5, 0.6) is 5.75 Å². The Morgan fingerprint density at radius 3 is 2.00 bits per heavy atom. The number of ether oxygens (including phenoxy) is 1. The van der Waals surface area contributed by atoms with Crippen molar-refractivity contribution in [2.24, 2.45) is 11.8 Å². The van der Waals surface area contributed by atoms with Crippen LogP contribution in [0.15, 0.2) is 12.1 Å². The lowest BCUT2D eigenvalue weighted by molar-refractivity contribution is -0.0837. The minimum absolute atomic E-state index is 0.147. The predicted molar refractivity (Wildman–Crippen MR) is 101 cm³/mol. The molecule has 4 rings (SSSR count). The summed E-state index contributed by atoms with van der Waals surface area (Å²) < 4.78 is 7.06. The van der Waals surface area contributed by atoms with Crippen LogP contribution < -0.4 is 4.74 Å². The average Bonchev–Trinajstić information content (AvgIpc) is 2.62. The molecule has 2 fully saturated rings. The first-order valence-electron chi connectivity index (χ1n) is 10.5. The molecule has 0 atom stereocenters. The van der Waals surface area contributed by atoms with E-state index in [9.17, 15) is 0 Å². The maximum atomic E-state index is 7.06. The molecule has 24 heavy (non-hydrogen) atoms. The molecule has 132 valence electrons. The van der Waals surface area contributed by atoms with Crippen LogP contribution in [-0.4, -0.2) is 5.60 Å². The Morgan fingerprint density at radius 2 is 1.42 bits per heavy atom. The molecule has 1 aromatic rings. The molecule has 2 aliphatic carbocycles. The molecule has 1 aliphatic heterocycles. The van der Waals surface area contributed by atoms with Crippen LogP contribution in [0, 0.1) is 25.7 Å². The van der Waals surface area contributed by atoms with E-state index < -0.39 is 0 Å². The van der Waals surface area contributed by atoms with Gasteiger partial charge in [0, 0.05) is 0 Å². The minimum atomic E-state index is 0.147. The lowest BCUT2D eigenvalue weighted by Gasteiger charge is -2.51. The number of aryl methyl sites for hydroxylation is 2. The number of hydrogen-bond donors (Lipinski definition) is 0. The van der Waals surface area contributed by atoms with Gasteiger partial charge in [0.05, 0.1) is 0 Å². The van der Waals surface area contributed by atoms with Crippen molar-refractivity contribution >= 4 is 0 Å². The van der Waals surface area contributed by atoms with Crippen LogP contribution in [0.1, 0.15) is 87.3 Å². The van der Waals surface area contributed by atoms with Gasteiger partial charge in [-0.05, 0) is 87.0 Å². The molecule has 0 spiro atoms. The standard InChI is InChI=1S/C23H34O/c1-17-15-18(2)21-13-14-23(24-22(21)16-17,19-9-5-3-6-10-19)20-11-7-4-8-12-20/h15-16,19-20H,3-14H2,1-2H3. The SMILES string of the molecule is Cc1cc(C)c2c(c1)OC(C1CCCCC1)(C1CCCCC1)CC2. The molecular weight excluding hydrogens is 292 g/mol. The van der Waals surface area contributed by atoms with Gasteiger partial charge in [-0.2, -0.15) is 0 Å². The molecule has 0 aromatic heterocycles. The minimum Gasteiger partial charge on any atom is -0.486 e. The van der Waals surface area contributed by atoms with Crippen LogP contribution in [0.3, 0.4) is 0 Å². The van der Waals surface area contributed by atoms with Gasteiger partial charge in [-0.15, -0.1) is 0 Å². The summed E-state index contributed by atoms with van der Waals surface area (Å²) in [5.41, 5.74) is 4.43. The maximum absolute atomic E-state index is 7.06. The number of benzene rings is 1. The monoisotopic (exact) mass is 326 g/mol. The quantitative estimate of drug-likeness (QED) is 0.600. The normalized spacial score (nSPS) is 25.1. The maximum Gasteiger partial charge on any atom is 0.123 e. The first-order valence-corrected chi connectivity index (χ1v) is 10.5. The van der Waals surface area contributed by atoms with Crippen molar-refractivity contribution in [1.82, 2.24) is 0 Å². The summed E-state index contributed by atoms with van der Waals surface area (Å²) in [5.74, 6) is 2.82. The van der Waals surface area contributed by atoms with Crippen molar-refractivity contribution in [3.63, 3.8) is 0 Å². The van der Waals surface area contributed by atoms with Crippen LogP contribution >= 0.6 is 0 Å². The van der Waals surface area contributed by atoms with Gasteiger partial charge >= 0.3 is 0 Å². The predicted octanol–water partition coefficient (Wildman–Crippen LogP) is 6.53. The second-order valence-corrected chi connectivity index (χ2v) is 8.79. The highest BCUT2D eigenvalue weighted by molar-refractivity contribution is 5.45. The molecule has 1 heterocycles. The van der Waals surface area contributed by atoms with Crippen molar-refractivity contribution in [1.29, 1.82) is 0 Å². The lowest BCUT2D eigenvalue weighted by atomic mass is 9.63. The number of rotatable bonds is 2. The van der Waals surface area contributed by atoms with Gasteiger partial charge in [0.2, 0.25) is 0 Å². The molecule has 0 saturated heterocycles. The Kier molecular flexibility index (Phi) is 4.62. The molecule has 0 radical (unpaired) electrons. The second-order valence-electron chi connectivity index (χ2n) is 8.79. The fourth-order valence-corrected chi connectivity index (χ4v) is 6.04. The Hall–Kier alpha value is -0.980. The van der Waals surface area contributed by atoms with Gasteiger partial charge < -0.3 is 4.74 Å². The van der Waals surface area contributed by atoms with Gasteiger partial charge in [0.1, 0.15) is 11.4 Å². The lowest BCUT2D eigenvalue weighted by Crippen LogP contribution is -2.53. The fraction of sp³-hybridized carbons (Fsp3) is 0.739. The molecular formula is C23H34O. The van der Waals surface area contributed by atoms with Crippen LogP contribution in [0.25, 0.3) is 0 Å². The topological polar surface area (TPSA) is 9.23 Å². The van der Waals surface area contributed by atoms with E-state index in [1.165, 1.54) is 99.5 Å². The highest BCUT2D eigenvalue weighted by atomic mass is 16.5. The highest BCUT2D eigenvalue weighted by Crippen LogP contribution is 2.51. The second kappa shape index (κ2) is 6.73. The van der Waals surface area contributed by atoms with E-state index in [0.29, 0.717) is 0 Å². The van der Waals surface area contributed by atoms with Gasteiger partial charge in [-0.3, -0.25) is 0 Å². The molecule has 1 nitrogen and oxygen atoms in total. The highest BCUT2D eigenvalue weighted by Gasteiger charge is 2.49. The number of hydrogen-bond acceptors (Lipinski definition) is 1. The molecule has 0 bridgehead atoms. The van der Waals surface area contributed by atoms with Gasteiger partial charge in [0.25, 0.3) is 0 Å². The van der Waals surface area contributed by atoms with Gasteiger partial charge in [-0.1, -0.05) is 44.6 Å². The zero-order valence-corrected chi connectivity index (χ0v) is 15.7. The van der Waals surface area contributed by atoms with E-state index >= 15 is 0 Å². The average molecular weight is 327 g/mol. The third-order valence-electron chi connectivity index (χ3n) is 7.23. The summed E-state index contributed by atoms with van der Waals surface area (Å²) in [4.78, 5) is 0. The van der Waals surface area contributed by atoms with E-state index in [-0.39, 0.29) is 5.60 Å². The van der Waals surface area contributed by atoms with Gasteiger partial charge in [-0.25, -0.2) is 0 Å². The summed E-state index contributed by atoms with van der Waals surface area (Å²) in [5, 5.41) is 0. The van der Waals surface area contributed by atoms with Crippen LogP contribution in [-0.2, 0) is 6.42 Å². The third kappa shape index (κ3) is 2.89. The van der Waals surface area contributed by atoms with Crippen molar-refractivity contribution in [2.45, 2.75) is 96.5 Å². The molecule has 2 saturated carbocycles. The summed E-state index contributed by atoms with van der Waals surface area (Å²) in [6.07, 6.45) is 16.6. The zero-order valence-electron chi connectivity index (χ0n) is 15.7. The molecule has 3 aliphatic rings. The van der Waals surface area contributed by atoms with Crippen LogP contribution in [0.4, 0.5) is 0 Å². The summed E-state index contributed by atoms with van der Waals surface area (Å²) >= 11 is 0. The van der Waals surface area contributed by atoms with E-state index in [2.05, 4.69) is 26.0 Å². The van der Waals surface area contributed by atoms with Crippen molar-refractivity contribution in [2.75, 3.05) is 0 Å². The molecule has 0 unspecified atom stereocenters. The Balaban J connectivity index is 1.70. The molecule has 1 heteroatoms. The summed E-state index contributed by atoms with van der Waals surface area (Å²) in [7, 11) is 0. The van der Waals surface area contributed by atoms with E-state index in [1.54, 1.807) is 0 Å². The largest absolute Gasteiger partial charge is 0.486 e. The Morgan fingerprint density at radius 1 is 0.833 bits per heavy atom. The smallest absolute Gasteiger partial charge is 0.123 e. The third-order valence-corrected chi connectivity index (χ3v) is 7.23. The molecule has 0 amide bonds. The van der Waals surface area contributed by atoms with E-state index in [0.717, 1.165) is 11.8 Å². The first kappa shape index (κ1) is 16.5. The Labute approximate surface area is 148 Å². The van der Waals surface area contributed by atoms with E-state index in [1.807, 2.05) is 0 Å². The van der Waals surface area contributed by atoms with Crippen molar-refractivity contribution in [3.05, 3.63) is 28.8 Å². The van der Waals surface area contributed by atoms with Gasteiger partial charge in [0.15, 0.2) is 0 Å². The van der Waals surface area contributed by atoms with Crippen LogP contribution in [0.2, 0.25) is 0 Å².